The number of carbonyl (C=O) groups is 1. The van der Waals surface area contributed by atoms with E-state index in [9.17, 15) is 13.2 Å². The number of hydrogen-bond acceptors (Lipinski definition) is 3. The molecule has 82 valence electrons. The number of rotatable bonds is 5. The molecule has 0 aromatic carbocycles. The second kappa shape index (κ2) is 5.11. The largest absolute Gasteiger partial charge is 0.480 e. The Morgan fingerprint density at radius 3 is 2.36 bits per heavy atom. The summed E-state index contributed by atoms with van der Waals surface area (Å²) >= 11 is 0. The number of nitrogens with one attached hydrogen (secondary N) is 1. The first-order valence-electron chi connectivity index (χ1n) is 4.12. The summed E-state index contributed by atoms with van der Waals surface area (Å²) in [4.78, 5) is 10.4. The van der Waals surface area contributed by atoms with E-state index in [1.807, 2.05) is 13.8 Å². The van der Waals surface area contributed by atoms with E-state index in [1.165, 1.54) is 0 Å². The molecule has 0 aliphatic heterocycles. The molecule has 14 heavy (non-hydrogen) atoms. The van der Waals surface area contributed by atoms with Crippen LogP contribution in [0.2, 0.25) is 0 Å². The summed E-state index contributed by atoms with van der Waals surface area (Å²) in [7, 11) is -3.75. The first-order chi connectivity index (χ1) is 6.27. The van der Waals surface area contributed by atoms with E-state index in [2.05, 4.69) is 4.72 Å². The summed E-state index contributed by atoms with van der Waals surface area (Å²) in [5.41, 5.74) is 0.968. The summed E-state index contributed by atoms with van der Waals surface area (Å²) in [5.74, 6) is -1.35. The van der Waals surface area contributed by atoms with E-state index in [-0.39, 0.29) is 6.54 Å². The Balaban J connectivity index is 4.37. The molecular weight excluding hydrogens is 206 g/mol. The van der Waals surface area contributed by atoms with Crippen molar-refractivity contribution in [1.82, 2.24) is 4.72 Å². The van der Waals surface area contributed by atoms with Gasteiger partial charge in [-0.1, -0.05) is 11.6 Å². The van der Waals surface area contributed by atoms with Crippen LogP contribution in [0.3, 0.4) is 0 Å². The highest BCUT2D eigenvalue weighted by molar-refractivity contribution is 7.90. The molecule has 1 unspecified atom stereocenters. The van der Waals surface area contributed by atoms with Crippen LogP contribution in [0.5, 0.6) is 0 Å². The van der Waals surface area contributed by atoms with Gasteiger partial charge in [-0.05, 0) is 20.8 Å². The predicted octanol–water partition coefficient (Wildman–Crippen LogP) is 0.345. The van der Waals surface area contributed by atoms with E-state index >= 15 is 0 Å². The van der Waals surface area contributed by atoms with Gasteiger partial charge in [-0.25, -0.2) is 13.1 Å². The molecule has 5 nitrogen and oxygen atoms in total. The molecule has 0 bridgehead atoms. The Bertz CT molecular complexity index is 327. The molecule has 0 aliphatic carbocycles. The van der Waals surface area contributed by atoms with E-state index < -0.39 is 21.2 Å². The van der Waals surface area contributed by atoms with Crippen LogP contribution in [0.15, 0.2) is 11.6 Å². The average Bonchev–Trinajstić information content (AvgIpc) is 2.01. The first kappa shape index (κ1) is 13.1. The highest BCUT2D eigenvalue weighted by atomic mass is 32.2. The van der Waals surface area contributed by atoms with Crippen molar-refractivity contribution >= 4 is 16.0 Å². The van der Waals surface area contributed by atoms with Gasteiger partial charge in [-0.3, -0.25) is 4.79 Å². The van der Waals surface area contributed by atoms with Crippen molar-refractivity contribution < 1.29 is 18.3 Å². The number of hydrogen-bond donors (Lipinski definition) is 2. The van der Waals surface area contributed by atoms with Crippen LogP contribution < -0.4 is 4.72 Å². The summed E-state index contributed by atoms with van der Waals surface area (Å²) in [6, 6.07) is 0. The first-order valence-corrected chi connectivity index (χ1v) is 5.66. The van der Waals surface area contributed by atoms with Crippen molar-refractivity contribution in [3.63, 3.8) is 0 Å². The number of carboxylic acids is 1. The zero-order valence-corrected chi connectivity index (χ0v) is 9.26. The van der Waals surface area contributed by atoms with Gasteiger partial charge < -0.3 is 5.11 Å². The molecule has 0 heterocycles. The molecule has 0 aromatic rings. The minimum Gasteiger partial charge on any atom is -0.480 e. The molecular formula is C8H15NO4S. The van der Waals surface area contributed by atoms with Crippen molar-refractivity contribution in [3.05, 3.63) is 11.6 Å². The fourth-order valence-electron chi connectivity index (χ4n) is 0.620. The molecule has 0 amide bonds. The van der Waals surface area contributed by atoms with Crippen LogP contribution in [0.1, 0.15) is 20.8 Å². The minimum absolute atomic E-state index is 0.127. The monoisotopic (exact) mass is 221 g/mol. The number of aliphatic carboxylic acids is 1. The molecule has 0 spiro atoms. The maximum atomic E-state index is 11.2. The Morgan fingerprint density at radius 1 is 1.50 bits per heavy atom. The zero-order valence-electron chi connectivity index (χ0n) is 8.44. The lowest BCUT2D eigenvalue weighted by Gasteiger charge is -2.08. The lowest BCUT2D eigenvalue weighted by atomic mass is 10.3. The van der Waals surface area contributed by atoms with Gasteiger partial charge in [0.25, 0.3) is 0 Å². The van der Waals surface area contributed by atoms with Crippen LogP contribution in [0.25, 0.3) is 0 Å². The summed E-state index contributed by atoms with van der Waals surface area (Å²) in [6.07, 6.45) is 1.67. The van der Waals surface area contributed by atoms with Crippen molar-refractivity contribution in [3.8, 4) is 0 Å². The van der Waals surface area contributed by atoms with Gasteiger partial charge in [0.15, 0.2) is 5.25 Å². The Kier molecular flexibility index (Phi) is 4.79. The topological polar surface area (TPSA) is 83.5 Å². The lowest BCUT2D eigenvalue weighted by Crippen LogP contribution is -2.37. The number of carboxylic acid groups (broad SMARTS) is 1. The standard InChI is InChI=1S/C8H15NO4S/c1-6(2)4-5-9-14(12,13)7(3)8(10)11/h4,7,9H,5H2,1-3H3,(H,10,11). The highest BCUT2D eigenvalue weighted by Crippen LogP contribution is 1.98. The average molecular weight is 221 g/mol. The molecule has 0 fully saturated rings. The van der Waals surface area contributed by atoms with Gasteiger partial charge in [-0.15, -0.1) is 0 Å². The second-order valence-corrected chi connectivity index (χ2v) is 5.24. The van der Waals surface area contributed by atoms with E-state index in [1.54, 1.807) is 6.08 Å². The van der Waals surface area contributed by atoms with Gasteiger partial charge in [0.1, 0.15) is 0 Å². The van der Waals surface area contributed by atoms with Gasteiger partial charge in [0.05, 0.1) is 0 Å². The van der Waals surface area contributed by atoms with Crippen molar-refractivity contribution in [2.45, 2.75) is 26.0 Å². The van der Waals surface area contributed by atoms with Crippen LogP contribution >= 0.6 is 0 Å². The number of sulfonamides is 1. The van der Waals surface area contributed by atoms with E-state index in [0.717, 1.165) is 12.5 Å². The fourth-order valence-corrected chi connectivity index (χ4v) is 1.45. The molecule has 2 N–H and O–H groups in total. The Labute approximate surface area is 83.9 Å². The van der Waals surface area contributed by atoms with Gasteiger partial charge >= 0.3 is 5.97 Å². The maximum absolute atomic E-state index is 11.2. The molecule has 0 saturated heterocycles. The van der Waals surface area contributed by atoms with E-state index in [4.69, 9.17) is 5.11 Å². The van der Waals surface area contributed by atoms with Crippen molar-refractivity contribution in [2.75, 3.05) is 6.54 Å². The molecule has 0 aromatic heterocycles. The quantitative estimate of drug-likeness (QED) is 0.656. The summed E-state index contributed by atoms with van der Waals surface area (Å²) in [6.45, 7) is 4.92. The molecule has 1 atom stereocenters. The van der Waals surface area contributed by atoms with Gasteiger partial charge in [-0.2, -0.15) is 0 Å². The van der Waals surface area contributed by atoms with Crippen LogP contribution in [0, 0.1) is 0 Å². The third kappa shape index (κ3) is 4.38. The van der Waals surface area contributed by atoms with E-state index in [0.29, 0.717) is 0 Å². The minimum atomic E-state index is -3.75. The highest BCUT2D eigenvalue weighted by Gasteiger charge is 2.26. The smallest absolute Gasteiger partial charge is 0.323 e. The molecule has 0 rings (SSSR count). The van der Waals surface area contributed by atoms with Crippen molar-refractivity contribution in [1.29, 1.82) is 0 Å². The van der Waals surface area contributed by atoms with Crippen LogP contribution in [-0.4, -0.2) is 31.3 Å². The number of allylic oxidation sites excluding steroid dienone is 1. The van der Waals surface area contributed by atoms with Crippen LogP contribution in [-0.2, 0) is 14.8 Å². The van der Waals surface area contributed by atoms with Gasteiger partial charge in [0, 0.05) is 6.54 Å². The predicted molar refractivity (Wildman–Crippen MR) is 53.5 cm³/mol. The van der Waals surface area contributed by atoms with Crippen molar-refractivity contribution in [2.24, 2.45) is 0 Å². The summed E-state index contributed by atoms with van der Waals surface area (Å²) in [5, 5.41) is 7.07. The maximum Gasteiger partial charge on any atom is 0.323 e. The normalized spacial score (nSPS) is 13.4. The van der Waals surface area contributed by atoms with Gasteiger partial charge in [0.2, 0.25) is 10.0 Å². The third-order valence-electron chi connectivity index (χ3n) is 1.61. The Hall–Kier alpha value is -0.880. The fraction of sp³-hybridized carbons (Fsp3) is 0.625. The molecule has 0 radical (unpaired) electrons. The second-order valence-electron chi connectivity index (χ2n) is 3.16. The summed E-state index contributed by atoms with van der Waals surface area (Å²) < 4.78 is 24.7. The molecule has 0 saturated carbocycles. The lowest BCUT2D eigenvalue weighted by molar-refractivity contribution is -0.136. The third-order valence-corrected chi connectivity index (χ3v) is 3.31. The van der Waals surface area contributed by atoms with Crippen LogP contribution in [0.4, 0.5) is 0 Å². The SMILES string of the molecule is CC(C)=CCNS(=O)(=O)C(C)C(=O)O. The molecule has 0 aliphatic rings. The molecule has 6 heteroatoms. The Morgan fingerprint density at radius 2 is 2.00 bits per heavy atom. The zero-order chi connectivity index (χ0) is 11.4.